The maximum Gasteiger partial charge on any atom is 0.260 e. The molecular weight excluding hydrogens is 383 g/mol. The van der Waals surface area contributed by atoms with Crippen LogP contribution in [0.5, 0.6) is 5.75 Å². The Hall–Kier alpha value is -2.98. The number of nitrogens with zero attached hydrogens (tertiary/aromatic N) is 3. The van der Waals surface area contributed by atoms with Gasteiger partial charge in [-0.25, -0.2) is 9.37 Å². The van der Waals surface area contributed by atoms with Gasteiger partial charge in [0.25, 0.3) is 5.56 Å². The van der Waals surface area contributed by atoms with Crippen molar-refractivity contribution >= 4 is 11.7 Å². The van der Waals surface area contributed by atoms with Gasteiger partial charge in [0.15, 0.2) is 0 Å². The molecule has 156 valence electrons. The van der Waals surface area contributed by atoms with Crippen LogP contribution in [0.1, 0.15) is 5.82 Å². The van der Waals surface area contributed by atoms with E-state index in [0.29, 0.717) is 32.1 Å². The predicted molar refractivity (Wildman–Crippen MR) is 103 cm³/mol. The summed E-state index contributed by atoms with van der Waals surface area (Å²) in [7, 11) is 1.51. The van der Waals surface area contributed by atoms with Crippen LogP contribution in [0.3, 0.4) is 0 Å². The number of nitrogens with two attached hydrogens (primary N) is 1. The lowest BCUT2D eigenvalue weighted by atomic mass is 10.2. The highest BCUT2D eigenvalue weighted by molar-refractivity contribution is 5.76. The number of morpholine rings is 1. The van der Waals surface area contributed by atoms with Gasteiger partial charge in [0.2, 0.25) is 5.91 Å². The molecule has 1 fully saturated rings. The molecule has 0 bridgehead atoms. The highest BCUT2D eigenvalue weighted by Gasteiger charge is 2.20. The number of amides is 1. The fourth-order valence-electron chi connectivity index (χ4n) is 3.03. The Morgan fingerprint density at radius 3 is 2.72 bits per heavy atom. The van der Waals surface area contributed by atoms with E-state index in [4.69, 9.17) is 19.9 Å². The molecule has 29 heavy (non-hydrogen) atoms. The van der Waals surface area contributed by atoms with E-state index in [-0.39, 0.29) is 36.9 Å². The maximum absolute atomic E-state index is 13.8. The van der Waals surface area contributed by atoms with Gasteiger partial charge in [0.1, 0.15) is 29.8 Å². The number of halogens is 1. The van der Waals surface area contributed by atoms with Crippen molar-refractivity contribution in [3.63, 3.8) is 0 Å². The average Bonchev–Trinajstić information content (AvgIpc) is 2.69. The van der Waals surface area contributed by atoms with E-state index >= 15 is 0 Å². The number of hydrogen-bond donors (Lipinski definition) is 1. The molecule has 1 aliphatic rings. The summed E-state index contributed by atoms with van der Waals surface area (Å²) in [6.45, 7) is 2.64. The second-order valence-electron chi connectivity index (χ2n) is 6.40. The van der Waals surface area contributed by atoms with Crippen LogP contribution in [0.2, 0.25) is 0 Å². The molecule has 0 saturated carbocycles. The van der Waals surface area contributed by atoms with Gasteiger partial charge in [-0.15, -0.1) is 0 Å². The number of anilines is 1. The molecule has 0 spiro atoms. The molecule has 2 heterocycles. The molecule has 1 aliphatic heterocycles. The Morgan fingerprint density at radius 2 is 2.03 bits per heavy atom. The minimum atomic E-state index is -0.645. The van der Waals surface area contributed by atoms with E-state index in [1.165, 1.54) is 35.9 Å². The fourth-order valence-corrected chi connectivity index (χ4v) is 3.03. The van der Waals surface area contributed by atoms with Crippen molar-refractivity contribution in [1.82, 2.24) is 9.55 Å². The molecule has 1 saturated heterocycles. The van der Waals surface area contributed by atoms with Gasteiger partial charge in [-0.1, -0.05) is 0 Å². The number of carbonyl (C=O) groups excluding carboxylic acids is 1. The Kier molecular flexibility index (Phi) is 6.78. The van der Waals surface area contributed by atoms with Crippen LogP contribution in [0, 0.1) is 5.82 Å². The minimum Gasteiger partial charge on any atom is -0.489 e. The third-order valence-corrected chi connectivity index (χ3v) is 4.35. The first-order chi connectivity index (χ1) is 14.0. The second-order valence-corrected chi connectivity index (χ2v) is 6.40. The fraction of sp³-hybridized carbons (Fsp3) is 0.421. The van der Waals surface area contributed by atoms with Crippen LogP contribution >= 0.6 is 0 Å². The summed E-state index contributed by atoms with van der Waals surface area (Å²) in [5.41, 5.74) is 5.21. The topological polar surface area (TPSA) is 109 Å². The molecule has 2 aromatic rings. The van der Waals surface area contributed by atoms with Gasteiger partial charge in [-0.3, -0.25) is 14.2 Å². The van der Waals surface area contributed by atoms with Crippen molar-refractivity contribution in [2.24, 2.45) is 5.73 Å². The average molecular weight is 406 g/mol. The SMILES string of the molecule is COCCOc1cc(F)ccc1-n1c(CC(N)=O)nc(N2CCOCC2)cc1=O. The maximum atomic E-state index is 13.8. The van der Waals surface area contributed by atoms with Gasteiger partial charge in [-0.2, -0.15) is 0 Å². The summed E-state index contributed by atoms with van der Waals surface area (Å²) in [5.74, 6) is -0.447. The first kappa shape index (κ1) is 20.7. The molecule has 1 aromatic carbocycles. The molecule has 1 amide bonds. The molecular formula is C19H23FN4O5. The Labute approximate surface area is 166 Å². The van der Waals surface area contributed by atoms with E-state index in [9.17, 15) is 14.0 Å². The third kappa shape index (κ3) is 5.09. The summed E-state index contributed by atoms with van der Waals surface area (Å²) in [6, 6.07) is 5.15. The summed E-state index contributed by atoms with van der Waals surface area (Å²) < 4.78 is 30.9. The molecule has 9 nitrogen and oxygen atoms in total. The Bertz CT molecular complexity index is 927. The van der Waals surface area contributed by atoms with Crippen molar-refractivity contribution in [3.8, 4) is 11.4 Å². The van der Waals surface area contributed by atoms with E-state index in [1.54, 1.807) is 0 Å². The van der Waals surface area contributed by atoms with Gasteiger partial charge < -0.3 is 24.8 Å². The standard InChI is InChI=1S/C19H23FN4O5/c1-27-8-9-29-15-10-13(20)2-3-14(15)24-18(11-16(21)25)22-17(12-19(24)26)23-4-6-28-7-5-23/h2-3,10,12H,4-9,11H2,1H3,(H2,21,25). The molecule has 0 aliphatic carbocycles. The van der Waals surface area contributed by atoms with Crippen molar-refractivity contribution in [1.29, 1.82) is 0 Å². The molecule has 0 atom stereocenters. The number of benzene rings is 1. The highest BCUT2D eigenvalue weighted by Crippen LogP contribution is 2.25. The van der Waals surface area contributed by atoms with Crippen LogP contribution in [-0.4, -0.2) is 62.1 Å². The predicted octanol–water partition coefficient (Wildman–Crippen LogP) is 0.261. The van der Waals surface area contributed by atoms with Gasteiger partial charge in [-0.05, 0) is 12.1 Å². The number of ether oxygens (including phenoxy) is 3. The Morgan fingerprint density at radius 1 is 1.28 bits per heavy atom. The second kappa shape index (κ2) is 9.48. The molecule has 3 rings (SSSR count). The number of aromatic nitrogens is 2. The van der Waals surface area contributed by atoms with Crippen molar-refractivity contribution in [3.05, 3.63) is 46.3 Å². The first-order valence-corrected chi connectivity index (χ1v) is 9.15. The number of rotatable bonds is 8. The van der Waals surface area contributed by atoms with E-state index < -0.39 is 17.3 Å². The van der Waals surface area contributed by atoms with Crippen LogP contribution in [0.15, 0.2) is 29.1 Å². The van der Waals surface area contributed by atoms with Crippen molar-refractivity contribution in [2.75, 3.05) is 51.5 Å². The molecule has 10 heteroatoms. The number of methoxy groups -OCH3 is 1. The van der Waals surface area contributed by atoms with Crippen LogP contribution in [0.4, 0.5) is 10.2 Å². The van der Waals surface area contributed by atoms with Crippen LogP contribution < -0.4 is 20.9 Å². The zero-order chi connectivity index (χ0) is 20.8. The van der Waals surface area contributed by atoms with Crippen LogP contribution in [0.25, 0.3) is 5.69 Å². The number of carbonyl (C=O) groups is 1. The zero-order valence-corrected chi connectivity index (χ0v) is 16.1. The largest absolute Gasteiger partial charge is 0.489 e. The smallest absolute Gasteiger partial charge is 0.260 e. The lowest BCUT2D eigenvalue weighted by molar-refractivity contribution is -0.117. The monoisotopic (exact) mass is 406 g/mol. The lowest BCUT2D eigenvalue weighted by Gasteiger charge is -2.28. The molecule has 0 unspecified atom stereocenters. The number of primary amides is 1. The molecule has 1 aromatic heterocycles. The highest BCUT2D eigenvalue weighted by atomic mass is 19.1. The van der Waals surface area contributed by atoms with Crippen molar-refractivity contribution < 1.29 is 23.4 Å². The molecule has 2 N–H and O–H groups in total. The summed E-state index contributed by atoms with van der Waals surface area (Å²) >= 11 is 0. The van der Waals surface area contributed by atoms with Gasteiger partial charge in [0, 0.05) is 32.3 Å². The minimum absolute atomic E-state index is 0.135. The quantitative estimate of drug-likeness (QED) is 0.627. The van der Waals surface area contributed by atoms with E-state index in [0.717, 1.165) is 0 Å². The van der Waals surface area contributed by atoms with Gasteiger partial charge >= 0.3 is 0 Å². The summed E-state index contributed by atoms with van der Waals surface area (Å²) in [4.78, 5) is 31.0. The Balaban J connectivity index is 2.08. The van der Waals surface area contributed by atoms with E-state index in [1.807, 2.05) is 4.90 Å². The van der Waals surface area contributed by atoms with Crippen LogP contribution in [-0.2, 0) is 20.7 Å². The number of hydrogen-bond acceptors (Lipinski definition) is 7. The zero-order valence-electron chi connectivity index (χ0n) is 16.1. The van der Waals surface area contributed by atoms with Gasteiger partial charge in [0.05, 0.1) is 31.9 Å². The third-order valence-electron chi connectivity index (χ3n) is 4.35. The molecule has 0 radical (unpaired) electrons. The van der Waals surface area contributed by atoms with Crippen molar-refractivity contribution in [2.45, 2.75) is 6.42 Å². The summed E-state index contributed by atoms with van der Waals surface area (Å²) in [6.07, 6.45) is -0.262. The summed E-state index contributed by atoms with van der Waals surface area (Å²) in [5, 5.41) is 0. The van der Waals surface area contributed by atoms with E-state index in [2.05, 4.69) is 4.98 Å². The lowest BCUT2D eigenvalue weighted by Crippen LogP contribution is -2.38. The normalized spacial score (nSPS) is 14.1. The first-order valence-electron chi connectivity index (χ1n) is 9.15.